The second-order valence-corrected chi connectivity index (χ2v) is 9.76. The molecule has 2 aromatic carbocycles. The van der Waals surface area contributed by atoms with Crippen LogP contribution in [0.2, 0.25) is 5.02 Å². The number of carbonyl (C=O) groups excluding carboxylic acids is 1. The van der Waals surface area contributed by atoms with Gasteiger partial charge in [0.15, 0.2) is 0 Å². The van der Waals surface area contributed by atoms with Crippen LogP contribution in [0, 0.1) is 0 Å². The van der Waals surface area contributed by atoms with Crippen LogP contribution < -0.4 is 4.74 Å². The van der Waals surface area contributed by atoms with Crippen molar-refractivity contribution in [3.63, 3.8) is 0 Å². The van der Waals surface area contributed by atoms with Crippen LogP contribution in [-0.2, 0) is 23.8 Å². The quantitative estimate of drug-likeness (QED) is 0.618. The number of hydrogen-bond acceptors (Lipinski definition) is 4. The number of carbonyl (C=O) groups is 1. The normalized spacial score (nSPS) is 19.5. The van der Waals surface area contributed by atoms with Crippen molar-refractivity contribution in [3.05, 3.63) is 64.3 Å². The van der Waals surface area contributed by atoms with Crippen molar-refractivity contribution in [3.8, 4) is 5.75 Å². The Hall–Kier alpha value is -2.54. The molecule has 1 saturated heterocycles. The van der Waals surface area contributed by atoms with E-state index in [-0.39, 0.29) is 24.0 Å². The van der Waals surface area contributed by atoms with Crippen molar-refractivity contribution < 1.29 is 14.6 Å². The molecule has 174 valence electrons. The topological polar surface area (TPSA) is 57.9 Å². The number of benzene rings is 2. The van der Waals surface area contributed by atoms with Gasteiger partial charge in [0.2, 0.25) is 5.91 Å². The van der Waals surface area contributed by atoms with E-state index in [1.54, 1.807) is 7.11 Å². The zero-order chi connectivity index (χ0) is 23.3. The largest absolute Gasteiger partial charge is 0.497 e. The summed E-state index contributed by atoms with van der Waals surface area (Å²) in [6, 6.07) is 13.8. The van der Waals surface area contributed by atoms with Gasteiger partial charge in [-0.05, 0) is 35.4 Å². The number of methoxy groups -OCH3 is 1. The summed E-state index contributed by atoms with van der Waals surface area (Å²) in [5.74, 6) is 0.882. The van der Waals surface area contributed by atoms with Gasteiger partial charge in [0.1, 0.15) is 5.75 Å². The monoisotopic (exact) mass is 467 g/mol. The second-order valence-electron chi connectivity index (χ2n) is 9.33. The van der Waals surface area contributed by atoms with E-state index < -0.39 is 0 Å². The summed E-state index contributed by atoms with van der Waals surface area (Å²) in [5, 5.41) is 12.3. The molecule has 0 radical (unpaired) electrons. The molecule has 1 fully saturated rings. The zero-order valence-electron chi connectivity index (χ0n) is 19.3. The fraction of sp³-hybridized carbons (Fsp3) is 0.423. The molecule has 5 rings (SSSR count). The minimum absolute atomic E-state index is 0.0815. The molecule has 6 nitrogen and oxygen atoms in total. The molecule has 3 aromatic rings. The van der Waals surface area contributed by atoms with Crippen LogP contribution >= 0.6 is 11.6 Å². The molecule has 1 spiro atoms. The first-order chi connectivity index (χ1) is 15.9. The Morgan fingerprint density at radius 2 is 1.91 bits per heavy atom. The SMILES string of the molecule is CCC(=O)N1CC2(CN(Cc3ccc(Cl)cc3)C2)c2c(n(C)c3cc(OC)ccc23)[C@H]1CO. The molecule has 33 heavy (non-hydrogen) atoms. The molecule has 0 unspecified atom stereocenters. The molecule has 3 heterocycles. The highest BCUT2D eigenvalue weighted by Gasteiger charge is 2.53. The fourth-order valence-corrected chi connectivity index (χ4v) is 5.98. The van der Waals surface area contributed by atoms with Crippen molar-refractivity contribution in [1.29, 1.82) is 0 Å². The van der Waals surface area contributed by atoms with Crippen LogP contribution in [0.4, 0.5) is 0 Å². The summed E-state index contributed by atoms with van der Waals surface area (Å²) < 4.78 is 7.62. The van der Waals surface area contributed by atoms with Gasteiger partial charge in [-0.25, -0.2) is 0 Å². The van der Waals surface area contributed by atoms with E-state index in [9.17, 15) is 9.90 Å². The average Bonchev–Trinajstić information content (AvgIpc) is 3.11. The maximum Gasteiger partial charge on any atom is 0.222 e. The number of halogens is 1. The van der Waals surface area contributed by atoms with Crippen molar-refractivity contribution >= 4 is 28.4 Å². The van der Waals surface area contributed by atoms with Crippen LogP contribution in [0.25, 0.3) is 10.9 Å². The third-order valence-electron chi connectivity index (χ3n) is 7.32. The molecule has 1 N–H and O–H groups in total. The molecule has 1 amide bonds. The highest BCUT2D eigenvalue weighted by atomic mass is 35.5. The summed E-state index contributed by atoms with van der Waals surface area (Å²) in [5.41, 5.74) is 4.45. The van der Waals surface area contributed by atoms with E-state index in [4.69, 9.17) is 16.3 Å². The van der Waals surface area contributed by atoms with Gasteiger partial charge < -0.3 is 19.3 Å². The van der Waals surface area contributed by atoms with Crippen LogP contribution in [0.15, 0.2) is 42.5 Å². The van der Waals surface area contributed by atoms with E-state index in [2.05, 4.69) is 27.7 Å². The van der Waals surface area contributed by atoms with Gasteiger partial charge in [-0.15, -0.1) is 0 Å². The van der Waals surface area contributed by atoms with Gasteiger partial charge in [-0.3, -0.25) is 9.69 Å². The number of likely N-dealkylation sites (tertiary alicyclic amines) is 1. The second kappa shape index (κ2) is 8.35. The predicted octanol–water partition coefficient (Wildman–Crippen LogP) is 3.88. The number of amides is 1. The molecule has 1 aromatic heterocycles. The highest BCUT2D eigenvalue weighted by molar-refractivity contribution is 6.30. The number of hydrogen-bond donors (Lipinski definition) is 1. The van der Waals surface area contributed by atoms with E-state index in [0.717, 1.165) is 41.6 Å². The minimum atomic E-state index is -0.341. The lowest BCUT2D eigenvalue weighted by molar-refractivity contribution is -0.138. The first-order valence-corrected chi connectivity index (χ1v) is 11.8. The number of aliphatic hydroxyl groups excluding tert-OH is 1. The fourth-order valence-electron chi connectivity index (χ4n) is 5.85. The van der Waals surface area contributed by atoms with Crippen LogP contribution in [0.5, 0.6) is 5.75 Å². The smallest absolute Gasteiger partial charge is 0.222 e. The van der Waals surface area contributed by atoms with Gasteiger partial charge in [-0.2, -0.15) is 0 Å². The Balaban J connectivity index is 1.58. The van der Waals surface area contributed by atoms with Gasteiger partial charge in [0.25, 0.3) is 0 Å². The third-order valence-corrected chi connectivity index (χ3v) is 7.57. The van der Waals surface area contributed by atoms with Crippen molar-refractivity contribution in [2.45, 2.75) is 31.3 Å². The van der Waals surface area contributed by atoms with E-state index in [1.165, 1.54) is 16.5 Å². The number of ether oxygens (including phenoxy) is 1. The van der Waals surface area contributed by atoms with Crippen LogP contribution in [0.1, 0.15) is 36.2 Å². The van der Waals surface area contributed by atoms with Gasteiger partial charge in [-0.1, -0.05) is 30.7 Å². The average molecular weight is 468 g/mol. The van der Waals surface area contributed by atoms with Gasteiger partial charge >= 0.3 is 0 Å². The maximum atomic E-state index is 13.0. The van der Waals surface area contributed by atoms with Crippen LogP contribution in [0.3, 0.4) is 0 Å². The first kappa shape index (κ1) is 22.3. The number of aliphatic hydroxyl groups is 1. The molecule has 0 saturated carbocycles. The lowest BCUT2D eigenvalue weighted by Crippen LogP contribution is -2.66. The van der Waals surface area contributed by atoms with E-state index in [0.29, 0.717) is 13.0 Å². The molecule has 2 aliphatic rings. The number of fused-ring (bicyclic) bond motifs is 4. The highest BCUT2D eigenvalue weighted by Crippen LogP contribution is 2.50. The summed E-state index contributed by atoms with van der Waals surface area (Å²) in [4.78, 5) is 17.3. The minimum Gasteiger partial charge on any atom is -0.497 e. The maximum absolute atomic E-state index is 13.0. The number of aromatic nitrogens is 1. The van der Waals surface area contributed by atoms with Crippen molar-refractivity contribution in [1.82, 2.24) is 14.4 Å². The van der Waals surface area contributed by atoms with E-state index >= 15 is 0 Å². The standard InChI is InChI=1S/C26H30ClN3O3/c1-4-23(32)30-16-26(14-29(15-26)12-17-5-7-18(27)8-6-17)24-20-10-9-19(33-3)11-21(20)28(2)25(24)22(30)13-31/h5-11,22,31H,4,12-16H2,1-3H3/t22-/m1/s1. The summed E-state index contributed by atoms with van der Waals surface area (Å²) >= 11 is 6.05. The Labute approximate surface area is 199 Å². The molecular weight excluding hydrogens is 438 g/mol. The van der Waals surface area contributed by atoms with Gasteiger partial charge in [0.05, 0.1) is 25.3 Å². The first-order valence-electron chi connectivity index (χ1n) is 11.4. The zero-order valence-corrected chi connectivity index (χ0v) is 20.1. The van der Waals surface area contributed by atoms with Gasteiger partial charge in [0, 0.05) is 67.2 Å². The number of aryl methyl sites for hydroxylation is 1. The Kier molecular flexibility index (Phi) is 5.63. The molecule has 1 atom stereocenters. The van der Waals surface area contributed by atoms with Crippen molar-refractivity contribution in [2.75, 3.05) is 33.4 Å². The van der Waals surface area contributed by atoms with E-state index in [1.807, 2.05) is 43.1 Å². The molecule has 0 aliphatic carbocycles. The molecular formula is C26H30ClN3O3. The third kappa shape index (κ3) is 3.52. The number of rotatable bonds is 5. The molecule has 2 aliphatic heterocycles. The lowest BCUT2D eigenvalue weighted by atomic mass is 9.68. The number of nitrogens with zero attached hydrogens (tertiary/aromatic N) is 3. The van der Waals surface area contributed by atoms with Crippen molar-refractivity contribution in [2.24, 2.45) is 7.05 Å². The lowest BCUT2D eigenvalue weighted by Gasteiger charge is -2.56. The molecule has 0 bridgehead atoms. The molecule has 7 heteroatoms. The summed E-state index contributed by atoms with van der Waals surface area (Å²) in [6.45, 7) is 4.99. The Bertz CT molecular complexity index is 1200. The Morgan fingerprint density at radius 3 is 2.55 bits per heavy atom. The predicted molar refractivity (Wildman–Crippen MR) is 130 cm³/mol. The summed E-state index contributed by atoms with van der Waals surface area (Å²) in [7, 11) is 3.70. The summed E-state index contributed by atoms with van der Waals surface area (Å²) in [6.07, 6.45) is 0.425. The Morgan fingerprint density at radius 1 is 1.18 bits per heavy atom. The van der Waals surface area contributed by atoms with Crippen LogP contribution in [-0.4, -0.2) is 58.7 Å².